The largest absolute Gasteiger partial charge is 0.496 e. The molecule has 0 fully saturated rings. The van der Waals surface area contributed by atoms with Crippen LogP contribution in [0, 0.1) is 6.92 Å². The van der Waals surface area contributed by atoms with Crippen molar-refractivity contribution in [3.05, 3.63) is 95.6 Å². The Morgan fingerprint density at radius 2 is 1.59 bits per heavy atom. The summed E-state index contributed by atoms with van der Waals surface area (Å²) in [4.78, 5) is 24.4. The minimum absolute atomic E-state index is 0.234. The summed E-state index contributed by atoms with van der Waals surface area (Å²) in [7, 11) is 1.57. The smallest absolute Gasteiger partial charge is 0.336 e. The van der Waals surface area contributed by atoms with Crippen molar-refractivity contribution in [1.82, 2.24) is 0 Å². The molecule has 0 saturated carbocycles. The Morgan fingerprint density at radius 1 is 0.897 bits per heavy atom. The van der Waals surface area contributed by atoms with Crippen molar-refractivity contribution in [2.24, 2.45) is 0 Å². The van der Waals surface area contributed by atoms with Crippen LogP contribution < -0.4 is 14.8 Å². The Kier molecular flexibility index (Phi) is 6.43. The molecule has 0 aliphatic carbocycles. The van der Waals surface area contributed by atoms with Crippen molar-refractivity contribution in [3.8, 4) is 11.5 Å². The van der Waals surface area contributed by atoms with E-state index in [1.54, 1.807) is 37.5 Å². The van der Waals surface area contributed by atoms with E-state index >= 15 is 0 Å². The van der Waals surface area contributed by atoms with Crippen molar-refractivity contribution < 1.29 is 19.1 Å². The van der Waals surface area contributed by atoms with Gasteiger partial charge in [0.2, 0.25) is 0 Å². The fourth-order valence-corrected chi connectivity index (χ4v) is 2.63. The van der Waals surface area contributed by atoms with Gasteiger partial charge in [0.05, 0.1) is 7.11 Å². The van der Waals surface area contributed by atoms with E-state index in [2.05, 4.69) is 5.32 Å². The number of nitrogens with one attached hydrogen (secondary N) is 1. The van der Waals surface area contributed by atoms with Crippen LogP contribution in [0.25, 0.3) is 6.08 Å². The third-order valence-corrected chi connectivity index (χ3v) is 4.18. The van der Waals surface area contributed by atoms with Crippen LogP contribution in [0.5, 0.6) is 11.5 Å². The van der Waals surface area contributed by atoms with Gasteiger partial charge in [-0.25, -0.2) is 4.79 Å². The highest BCUT2D eigenvalue weighted by Gasteiger charge is 2.08. The first-order valence-electron chi connectivity index (χ1n) is 9.06. The molecule has 1 N–H and O–H groups in total. The molecule has 0 unspecified atom stereocenters. The molecule has 0 radical (unpaired) electrons. The zero-order valence-electron chi connectivity index (χ0n) is 16.2. The van der Waals surface area contributed by atoms with Crippen LogP contribution in [-0.2, 0) is 4.79 Å². The number of hydrogen-bond donors (Lipinski definition) is 1. The standard InChI is InChI=1S/C24H21NO4/c1-17-7-12-20(13-8-17)25-24(27)19-9-14-21(15-10-19)29-23(26)16-11-18-5-3-4-6-22(18)28-2/h3-16H,1-2H3,(H,25,27)/b16-11+. The van der Waals surface area contributed by atoms with Gasteiger partial charge in [-0.1, -0.05) is 35.9 Å². The second-order valence-electron chi connectivity index (χ2n) is 6.34. The Bertz CT molecular complexity index is 1020. The van der Waals surface area contributed by atoms with Gasteiger partial charge in [0.15, 0.2) is 0 Å². The summed E-state index contributed by atoms with van der Waals surface area (Å²) in [5, 5.41) is 2.83. The number of carbonyl (C=O) groups excluding carboxylic acids is 2. The molecular formula is C24H21NO4. The number of anilines is 1. The average molecular weight is 387 g/mol. The summed E-state index contributed by atoms with van der Waals surface area (Å²) in [5.41, 5.74) is 3.08. The van der Waals surface area contributed by atoms with Crippen molar-refractivity contribution in [3.63, 3.8) is 0 Å². The lowest BCUT2D eigenvalue weighted by atomic mass is 10.2. The molecule has 0 aromatic heterocycles. The van der Waals surface area contributed by atoms with E-state index in [0.29, 0.717) is 17.1 Å². The predicted molar refractivity (Wildman–Crippen MR) is 113 cm³/mol. The SMILES string of the molecule is COc1ccccc1/C=C/C(=O)Oc1ccc(C(=O)Nc2ccc(C)cc2)cc1. The zero-order chi connectivity index (χ0) is 20.6. The number of carbonyl (C=O) groups is 2. The third-order valence-electron chi connectivity index (χ3n) is 4.18. The fourth-order valence-electron chi connectivity index (χ4n) is 2.63. The zero-order valence-corrected chi connectivity index (χ0v) is 16.2. The molecule has 0 spiro atoms. The molecule has 0 saturated heterocycles. The molecule has 5 heteroatoms. The van der Waals surface area contributed by atoms with Crippen LogP contribution in [0.3, 0.4) is 0 Å². The van der Waals surface area contributed by atoms with Crippen LogP contribution >= 0.6 is 0 Å². The quantitative estimate of drug-likeness (QED) is 0.372. The van der Waals surface area contributed by atoms with Crippen molar-refractivity contribution in [2.45, 2.75) is 6.92 Å². The minimum Gasteiger partial charge on any atom is -0.496 e. The van der Waals surface area contributed by atoms with Crippen molar-refractivity contribution >= 4 is 23.6 Å². The van der Waals surface area contributed by atoms with E-state index in [1.807, 2.05) is 55.5 Å². The normalized spacial score (nSPS) is 10.6. The molecule has 146 valence electrons. The van der Waals surface area contributed by atoms with Gasteiger partial charge in [-0.15, -0.1) is 0 Å². The van der Waals surface area contributed by atoms with E-state index in [9.17, 15) is 9.59 Å². The van der Waals surface area contributed by atoms with Crippen molar-refractivity contribution in [2.75, 3.05) is 12.4 Å². The van der Waals surface area contributed by atoms with E-state index in [-0.39, 0.29) is 5.91 Å². The molecular weight excluding hydrogens is 366 g/mol. The number of aryl methyl sites for hydroxylation is 1. The summed E-state index contributed by atoms with van der Waals surface area (Å²) in [5.74, 6) is 0.266. The van der Waals surface area contributed by atoms with Crippen LogP contribution in [-0.4, -0.2) is 19.0 Å². The number of rotatable bonds is 6. The van der Waals surface area contributed by atoms with Gasteiger partial charge in [-0.3, -0.25) is 4.79 Å². The lowest BCUT2D eigenvalue weighted by molar-refractivity contribution is -0.128. The third kappa shape index (κ3) is 5.56. The number of esters is 1. The number of methoxy groups -OCH3 is 1. The number of para-hydroxylation sites is 1. The van der Waals surface area contributed by atoms with Crippen molar-refractivity contribution in [1.29, 1.82) is 0 Å². The maximum absolute atomic E-state index is 12.3. The highest BCUT2D eigenvalue weighted by Crippen LogP contribution is 2.19. The van der Waals surface area contributed by atoms with Gasteiger partial charge in [0.1, 0.15) is 11.5 Å². The first kappa shape index (κ1) is 19.9. The summed E-state index contributed by atoms with van der Waals surface area (Å²) in [6.45, 7) is 1.98. The molecule has 0 bridgehead atoms. The lowest BCUT2D eigenvalue weighted by Crippen LogP contribution is -2.12. The van der Waals surface area contributed by atoms with E-state index in [4.69, 9.17) is 9.47 Å². The lowest BCUT2D eigenvalue weighted by Gasteiger charge is -2.07. The van der Waals surface area contributed by atoms with Crippen LogP contribution in [0.4, 0.5) is 5.69 Å². The van der Waals surface area contributed by atoms with Gasteiger partial charge in [0.25, 0.3) is 5.91 Å². The number of amides is 1. The molecule has 5 nitrogen and oxygen atoms in total. The number of ether oxygens (including phenoxy) is 2. The van der Waals surface area contributed by atoms with Gasteiger partial charge in [0, 0.05) is 22.9 Å². The van der Waals surface area contributed by atoms with Crippen LogP contribution in [0.1, 0.15) is 21.5 Å². The summed E-state index contributed by atoms with van der Waals surface area (Å²) >= 11 is 0. The van der Waals surface area contributed by atoms with E-state index < -0.39 is 5.97 Å². The molecule has 29 heavy (non-hydrogen) atoms. The van der Waals surface area contributed by atoms with Gasteiger partial charge >= 0.3 is 5.97 Å². The van der Waals surface area contributed by atoms with Gasteiger partial charge in [-0.05, 0) is 55.5 Å². The average Bonchev–Trinajstić information content (AvgIpc) is 2.74. The maximum atomic E-state index is 12.3. The predicted octanol–water partition coefficient (Wildman–Crippen LogP) is 4.87. The Labute approximate surface area is 169 Å². The molecule has 0 aliphatic heterocycles. The van der Waals surface area contributed by atoms with Crippen LogP contribution in [0.15, 0.2) is 78.9 Å². The molecule has 3 aromatic rings. The summed E-state index contributed by atoms with van der Waals surface area (Å²) in [6.07, 6.45) is 2.96. The Hall–Kier alpha value is -3.86. The molecule has 0 atom stereocenters. The number of benzene rings is 3. The highest BCUT2D eigenvalue weighted by molar-refractivity contribution is 6.04. The van der Waals surface area contributed by atoms with E-state index in [1.165, 1.54) is 6.08 Å². The molecule has 3 aromatic carbocycles. The fraction of sp³-hybridized carbons (Fsp3) is 0.0833. The molecule has 1 amide bonds. The van der Waals surface area contributed by atoms with Gasteiger partial charge < -0.3 is 14.8 Å². The molecule has 0 aliphatic rings. The molecule has 0 heterocycles. The minimum atomic E-state index is -0.521. The number of hydrogen-bond acceptors (Lipinski definition) is 4. The second-order valence-corrected chi connectivity index (χ2v) is 6.34. The Balaban J connectivity index is 1.59. The molecule has 3 rings (SSSR count). The first-order valence-corrected chi connectivity index (χ1v) is 9.06. The summed E-state index contributed by atoms with van der Waals surface area (Å²) < 4.78 is 10.5. The van der Waals surface area contributed by atoms with Crippen LogP contribution in [0.2, 0.25) is 0 Å². The highest BCUT2D eigenvalue weighted by atomic mass is 16.5. The second kappa shape index (κ2) is 9.37. The van der Waals surface area contributed by atoms with E-state index in [0.717, 1.165) is 16.8 Å². The Morgan fingerprint density at radius 3 is 2.28 bits per heavy atom. The monoisotopic (exact) mass is 387 g/mol. The maximum Gasteiger partial charge on any atom is 0.336 e. The topological polar surface area (TPSA) is 64.6 Å². The first-order chi connectivity index (χ1) is 14.0. The van der Waals surface area contributed by atoms with Gasteiger partial charge in [-0.2, -0.15) is 0 Å². The summed E-state index contributed by atoms with van der Waals surface area (Å²) in [6, 6.07) is 21.3.